The number of anilines is 1. The molecule has 2 aromatic carbocycles. The first-order chi connectivity index (χ1) is 12.2. The van der Waals surface area contributed by atoms with Gasteiger partial charge in [-0.2, -0.15) is 0 Å². The Kier molecular flexibility index (Phi) is 5.94. The largest absolute Gasteiger partial charge is 0.480 e. The van der Waals surface area contributed by atoms with Crippen LogP contribution in [-0.2, 0) is 22.4 Å². The highest BCUT2D eigenvalue weighted by Gasteiger charge is 2.34. The zero-order valence-electron chi connectivity index (χ0n) is 14.3. The maximum atomic E-state index is 14.2. The maximum Gasteiger partial charge on any atom is 0.329 e. The summed E-state index contributed by atoms with van der Waals surface area (Å²) in [6.45, 7) is 1.47. The van der Waals surface area contributed by atoms with Gasteiger partial charge in [0.2, 0.25) is 0 Å². The van der Waals surface area contributed by atoms with Crippen LogP contribution in [0.4, 0.5) is 10.1 Å². The van der Waals surface area contributed by atoms with Crippen molar-refractivity contribution in [2.45, 2.75) is 31.3 Å². The van der Waals surface area contributed by atoms with Crippen LogP contribution in [0.1, 0.15) is 18.1 Å². The summed E-state index contributed by atoms with van der Waals surface area (Å²) < 4.78 is 14.2. The van der Waals surface area contributed by atoms with E-state index in [4.69, 9.17) is 10.8 Å². The van der Waals surface area contributed by atoms with E-state index < -0.39 is 29.3 Å². The first-order valence-electron chi connectivity index (χ1n) is 8.03. The molecule has 2 rings (SSSR count). The molecule has 0 aliphatic heterocycles. The summed E-state index contributed by atoms with van der Waals surface area (Å²) in [7, 11) is 0. The minimum absolute atomic E-state index is 0.00671. The number of nitrogens with two attached hydrogens (primary N) is 1. The molecule has 0 heterocycles. The predicted molar refractivity (Wildman–Crippen MR) is 95.5 cm³/mol. The van der Waals surface area contributed by atoms with E-state index in [1.54, 1.807) is 24.3 Å². The van der Waals surface area contributed by atoms with Gasteiger partial charge in [-0.3, -0.25) is 4.79 Å². The van der Waals surface area contributed by atoms with Crippen molar-refractivity contribution in [3.8, 4) is 0 Å². The third kappa shape index (κ3) is 4.80. The van der Waals surface area contributed by atoms with Crippen LogP contribution in [0.25, 0.3) is 0 Å². The normalized spacial score (nSPS) is 14.3. The van der Waals surface area contributed by atoms with Crippen LogP contribution in [0.15, 0.2) is 48.5 Å². The Morgan fingerprint density at radius 2 is 1.81 bits per heavy atom. The van der Waals surface area contributed by atoms with Gasteiger partial charge in [-0.15, -0.1) is 0 Å². The summed E-state index contributed by atoms with van der Waals surface area (Å²) >= 11 is 0. The van der Waals surface area contributed by atoms with E-state index in [9.17, 15) is 19.1 Å². The van der Waals surface area contributed by atoms with Crippen LogP contribution in [0, 0.1) is 5.82 Å². The number of carbonyl (C=O) groups is 2. The molecular weight excluding hydrogens is 339 g/mol. The molecule has 0 aromatic heterocycles. The van der Waals surface area contributed by atoms with Crippen LogP contribution in [0.3, 0.4) is 0 Å². The van der Waals surface area contributed by atoms with Crippen molar-refractivity contribution in [2.24, 2.45) is 5.73 Å². The molecule has 0 spiro atoms. The first kappa shape index (κ1) is 19.4. The Hall–Kier alpha value is -2.93. The van der Waals surface area contributed by atoms with E-state index in [0.717, 1.165) is 11.6 Å². The molecule has 1 unspecified atom stereocenters. The van der Waals surface area contributed by atoms with Gasteiger partial charge in [0.25, 0.3) is 0 Å². The topological polar surface area (TPSA) is 113 Å². The minimum Gasteiger partial charge on any atom is -0.480 e. The van der Waals surface area contributed by atoms with E-state index in [1.165, 1.54) is 19.1 Å². The molecule has 0 bridgehead atoms. The molecule has 0 aliphatic rings. The van der Waals surface area contributed by atoms with Gasteiger partial charge in [-0.05, 0) is 36.6 Å². The molecule has 2 aromatic rings. The Morgan fingerprint density at radius 1 is 1.15 bits per heavy atom. The predicted octanol–water partition coefficient (Wildman–Crippen LogP) is 2.28. The number of rotatable bonds is 8. The second-order valence-corrected chi connectivity index (χ2v) is 6.39. The number of hydrogen-bond acceptors (Lipinski definition) is 4. The molecule has 6 nitrogen and oxygen atoms in total. The van der Waals surface area contributed by atoms with E-state index in [1.807, 2.05) is 6.07 Å². The lowest BCUT2D eigenvalue weighted by Gasteiger charge is -2.28. The number of halogens is 1. The van der Waals surface area contributed by atoms with E-state index in [-0.39, 0.29) is 18.5 Å². The lowest BCUT2D eigenvalue weighted by Crippen LogP contribution is -2.45. The molecular formula is C19H21FN2O4. The van der Waals surface area contributed by atoms with Gasteiger partial charge in [-0.25, -0.2) is 9.18 Å². The molecule has 0 fully saturated rings. The molecule has 0 amide bonds. The van der Waals surface area contributed by atoms with Crippen molar-refractivity contribution in [1.82, 2.24) is 0 Å². The van der Waals surface area contributed by atoms with Crippen molar-refractivity contribution < 1.29 is 24.2 Å². The molecule has 0 saturated carbocycles. The fourth-order valence-electron chi connectivity index (χ4n) is 2.61. The first-order valence-corrected chi connectivity index (χ1v) is 8.03. The summed E-state index contributed by atoms with van der Waals surface area (Å²) in [6, 6.07) is 11.9. The Morgan fingerprint density at radius 3 is 2.38 bits per heavy atom. The number of aliphatic carboxylic acids is 2. The third-order valence-electron chi connectivity index (χ3n) is 4.09. The number of hydrogen-bond donors (Lipinski definition) is 4. The number of nitrogens with one attached hydrogen (secondary N) is 1. The van der Waals surface area contributed by atoms with Crippen molar-refractivity contribution in [2.75, 3.05) is 5.32 Å². The van der Waals surface area contributed by atoms with Gasteiger partial charge in [0.15, 0.2) is 0 Å². The molecule has 26 heavy (non-hydrogen) atoms. The highest BCUT2D eigenvalue weighted by Crippen LogP contribution is 2.24. The molecule has 0 saturated heterocycles. The summed E-state index contributed by atoms with van der Waals surface area (Å²) in [5, 5.41) is 21.3. The van der Waals surface area contributed by atoms with Crippen molar-refractivity contribution in [1.29, 1.82) is 0 Å². The van der Waals surface area contributed by atoms with Gasteiger partial charge in [0.05, 0.1) is 5.69 Å². The summed E-state index contributed by atoms with van der Waals surface area (Å²) in [5.74, 6) is -2.92. The van der Waals surface area contributed by atoms with Gasteiger partial charge < -0.3 is 21.3 Å². The number of carboxylic acids is 2. The minimum atomic E-state index is -1.45. The molecule has 5 N–H and O–H groups in total. The highest BCUT2D eigenvalue weighted by molar-refractivity contribution is 5.83. The monoisotopic (exact) mass is 360 g/mol. The third-order valence-corrected chi connectivity index (χ3v) is 4.09. The van der Waals surface area contributed by atoms with Crippen LogP contribution in [0.5, 0.6) is 0 Å². The lowest BCUT2D eigenvalue weighted by molar-refractivity contribution is -0.141. The van der Waals surface area contributed by atoms with Crippen LogP contribution >= 0.6 is 0 Å². The van der Waals surface area contributed by atoms with Crippen LogP contribution in [0.2, 0.25) is 0 Å². The summed E-state index contributed by atoms with van der Waals surface area (Å²) in [4.78, 5) is 22.7. The Bertz CT molecular complexity index is 797. The molecule has 7 heteroatoms. The van der Waals surface area contributed by atoms with E-state index >= 15 is 0 Å². The quantitative estimate of drug-likeness (QED) is 0.574. The molecule has 0 aliphatic carbocycles. The Labute approximate surface area is 150 Å². The smallest absolute Gasteiger partial charge is 0.329 e. The standard InChI is InChI=1S/C19H21FN2O4/c1-19(18(25)26,11-12-5-3-2-4-6-12)22-16-10-13(7-8-14(16)20)9-15(21)17(23)24/h2-8,10,15,22H,9,11,21H2,1H3,(H,23,24)(H,25,26)/t15-,19?/m0/s1. The fraction of sp³-hybridized carbons (Fsp3) is 0.263. The average Bonchev–Trinajstić information content (AvgIpc) is 2.58. The van der Waals surface area contributed by atoms with Crippen molar-refractivity contribution in [3.63, 3.8) is 0 Å². The number of carboxylic acid groups (broad SMARTS) is 2. The zero-order chi connectivity index (χ0) is 19.3. The summed E-state index contributed by atoms with van der Waals surface area (Å²) in [6.07, 6.45) is 0.147. The molecule has 0 radical (unpaired) electrons. The zero-order valence-corrected chi connectivity index (χ0v) is 14.3. The fourth-order valence-corrected chi connectivity index (χ4v) is 2.61. The SMILES string of the molecule is CC(Cc1ccccc1)(Nc1cc(C[C@H](N)C(=O)O)ccc1F)C(=O)O. The second kappa shape index (κ2) is 7.97. The van der Waals surface area contributed by atoms with Gasteiger partial charge in [0.1, 0.15) is 17.4 Å². The van der Waals surface area contributed by atoms with Crippen LogP contribution < -0.4 is 11.1 Å². The average molecular weight is 360 g/mol. The van der Waals surface area contributed by atoms with Crippen molar-refractivity contribution in [3.05, 3.63) is 65.5 Å². The molecule has 2 atom stereocenters. The Balaban J connectivity index is 2.27. The highest BCUT2D eigenvalue weighted by atomic mass is 19.1. The second-order valence-electron chi connectivity index (χ2n) is 6.39. The molecule has 138 valence electrons. The van der Waals surface area contributed by atoms with E-state index in [0.29, 0.717) is 5.56 Å². The maximum absolute atomic E-state index is 14.2. The van der Waals surface area contributed by atoms with Gasteiger partial charge in [0, 0.05) is 6.42 Å². The lowest BCUT2D eigenvalue weighted by atomic mass is 9.92. The summed E-state index contributed by atoms with van der Waals surface area (Å²) in [5.41, 5.74) is 5.33. The number of benzene rings is 2. The van der Waals surface area contributed by atoms with Gasteiger partial charge in [-0.1, -0.05) is 36.4 Å². The van der Waals surface area contributed by atoms with E-state index in [2.05, 4.69) is 5.32 Å². The van der Waals surface area contributed by atoms with Gasteiger partial charge >= 0.3 is 11.9 Å². The van der Waals surface area contributed by atoms with Crippen molar-refractivity contribution >= 4 is 17.6 Å². The van der Waals surface area contributed by atoms with Crippen LogP contribution in [-0.4, -0.2) is 33.7 Å².